The largest absolute Gasteiger partial charge is 0.461 e. The third-order valence-electron chi connectivity index (χ3n) is 4.08. The summed E-state index contributed by atoms with van der Waals surface area (Å²) >= 11 is 6.11. The van der Waals surface area contributed by atoms with E-state index in [0.717, 1.165) is 23.1 Å². The average molecular weight is 387 g/mol. The molecule has 1 aromatic heterocycles. The van der Waals surface area contributed by atoms with Crippen LogP contribution in [0.1, 0.15) is 47.9 Å². The zero-order valence-electron chi connectivity index (χ0n) is 15.5. The molecule has 0 fully saturated rings. The van der Waals surface area contributed by atoms with Crippen molar-refractivity contribution in [2.75, 3.05) is 6.54 Å². The Morgan fingerprint density at radius 1 is 1.30 bits per heavy atom. The van der Waals surface area contributed by atoms with E-state index >= 15 is 0 Å². The standard InChI is InChI=1S/C21H23ClN2O3/c1-3-5-15(17-12-16(22)8-7-14(17)2)9-10-24-21(26)18(23)13-19(25)20-6-4-11-27-20/h4-8,11-12,23H,3,9-10,13H2,1-2H3,(H,24,26). The summed E-state index contributed by atoms with van der Waals surface area (Å²) < 4.78 is 4.99. The summed E-state index contributed by atoms with van der Waals surface area (Å²) in [6.07, 6.45) is 4.68. The quantitative estimate of drug-likeness (QED) is 0.478. The Morgan fingerprint density at radius 2 is 2.07 bits per heavy atom. The first-order valence-corrected chi connectivity index (χ1v) is 9.18. The van der Waals surface area contributed by atoms with Gasteiger partial charge >= 0.3 is 0 Å². The third-order valence-corrected chi connectivity index (χ3v) is 4.32. The summed E-state index contributed by atoms with van der Waals surface area (Å²) in [5.41, 5.74) is 2.98. The van der Waals surface area contributed by atoms with Crippen molar-refractivity contribution in [3.8, 4) is 0 Å². The monoisotopic (exact) mass is 386 g/mol. The van der Waals surface area contributed by atoms with E-state index in [2.05, 4.69) is 11.4 Å². The highest BCUT2D eigenvalue weighted by Gasteiger charge is 2.17. The van der Waals surface area contributed by atoms with Crippen LogP contribution in [0.25, 0.3) is 5.57 Å². The van der Waals surface area contributed by atoms with Gasteiger partial charge in [0.15, 0.2) is 5.76 Å². The second kappa shape index (κ2) is 9.88. The maximum atomic E-state index is 12.1. The molecule has 27 heavy (non-hydrogen) atoms. The van der Waals surface area contributed by atoms with Gasteiger partial charge in [0.1, 0.15) is 5.71 Å². The van der Waals surface area contributed by atoms with E-state index in [0.29, 0.717) is 18.0 Å². The van der Waals surface area contributed by atoms with Crippen LogP contribution in [0.5, 0.6) is 0 Å². The van der Waals surface area contributed by atoms with Crippen molar-refractivity contribution in [3.63, 3.8) is 0 Å². The van der Waals surface area contributed by atoms with Crippen molar-refractivity contribution in [1.29, 1.82) is 5.41 Å². The Bertz CT molecular complexity index is 854. The summed E-state index contributed by atoms with van der Waals surface area (Å²) in [5, 5.41) is 11.2. The lowest BCUT2D eigenvalue weighted by Crippen LogP contribution is -2.32. The second-order valence-electron chi connectivity index (χ2n) is 6.16. The van der Waals surface area contributed by atoms with Crippen LogP contribution in [0.3, 0.4) is 0 Å². The number of ketones is 1. The number of hydrogen-bond donors (Lipinski definition) is 2. The topological polar surface area (TPSA) is 83.2 Å². The van der Waals surface area contributed by atoms with Crippen molar-refractivity contribution >= 4 is 34.6 Å². The number of halogens is 1. The van der Waals surface area contributed by atoms with Gasteiger partial charge in [0.2, 0.25) is 5.78 Å². The summed E-state index contributed by atoms with van der Waals surface area (Å²) in [7, 11) is 0. The van der Waals surface area contributed by atoms with Crippen molar-refractivity contribution in [2.24, 2.45) is 0 Å². The first-order chi connectivity index (χ1) is 12.9. The number of hydrogen-bond acceptors (Lipinski definition) is 4. The van der Waals surface area contributed by atoms with Gasteiger partial charge in [-0.25, -0.2) is 0 Å². The van der Waals surface area contributed by atoms with Crippen LogP contribution in [0, 0.1) is 12.3 Å². The zero-order valence-corrected chi connectivity index (χ0v) is 16.2. The fourth-order valence-corrected chi connectivity index (χ4v) is 2.89. The normalized spacial score (nSPS) is 11.3. The lowest BCUT2D eigenvalue weighted by atomic mass is 9.97. The van der Waals surface area contributed by atoms with Crippen molar-refractivity contribution in [3.05, 3.63) is 64.6 Å². The van der Waals surface area contributed by atoms with Crippen LogP contribution >= 0.6 is 11.6 Å². The van der Waals surface area contributed by atoms with E-state index in [1.165, 1.54) is 12.3 Å². The Kier molecular flexibility index (Phi) is 7.55. The Labute approximate surface area is 163 Å². The molecule has 0 aliphatic rings. The van der Waals surface area contributed by atoms with Crippen LogP contribution in [-0.4, -0.2) is 23.9 Å². The van der Waals surface area contributed by atoms with Crippen molar-refractivity contribution < 1.29 is 14.0 Å². The molecule has 0 saturated carbocycles. The number of allylic oxidation sites excluding steroid dienone is 1. The predicted molar refractivity (Wildman–Crippen MR) is 107 cm³/mol. The lowest BCUT2D eigenvalue weighted by Gasteiger charge is -2.13. The molecule has 0 unspecified atom stereocenters. The van der Waals surface area contributed by atoms with Crippen LogP contribution in [0.2, 0.25) is 5.02 Å². The third kappa shape index (κ3) is 5.93. The van der Waals surface area contributed by atoms with Gasteiger partial charge in [-0.15, -0.1) is 0 Å². The first-order valence-electron chi connectivity index (χ1n) is 8.80. The number of carbonyl (C=O) groups excluding carboxylic acids is 2. The number of aryl methyl sites for hydroxylation is 1. The van der Waals surface area contributed by atoms with Gasteiger partial charge in [-0.3, -0.25) is 15.0 Å². The SMILES string of the molecule is CCC=C(CCNC(=O)C(=N)CC(=O)c1ccco1)c1cc(Cl)ccc1C. The molecule has 0 radical (unpaired) electrons. The van der Waals surface area contributed by atoms with E-state index in [1.54, 1.807) is 6.07 Å². The number of rotatable bonds is 9. The maximum absolute atomic E-state index is 12.1. The minimum absolute atomic E-state index is 0.150. The molecule has 0 spiro atoms. The Morgan fingerprint density at radius 3 is 2.74 bits per heavy atom. The van der Waals surface area contributed by atoms with Crippen LogP contribution < -0.4 is 5.32 Å². The van der Waals surface area contributed by atoms with Crippen molar-refractivity contribution in [1.82, 2.24) is 5.32 Å². The zero-order chi connectivity index (χ0) is 19.8. The molecule has 6 heteroatoms. The molecule has 0 saturated heterocycles. The highest BCUT2D eigenvalue weighted by molar-refractivity contribution is 6.41. The summed E-state index contributed by atoms with van der Waals surface area (Å²) in [5.74, 6) is -0.785. The highest BCUT2D eigenvalue weighted by Crippen LogP contribution is 2.25. The number of furan rings is 1. The summed E-state index contributed by atoms with van der Waals surface area (Å²) in [6.45, 7) is 4.44. The number of Topliss-reactive ketones (excluding diaryl/α,β-unsaturated/α-hetero) is 1. The number of benzene rings is 1. The van der Waals surface area contributed by atoms with Gasteiger partial charge in [0.25, 0.3) is 5.91 Å². The molecule has 0 aliphatic carbocycles. The van der Waals surface area contributed by atoms with Gasteiger partial charge in [-0.05, 0) is 60.7 Å². The highest BCUT2D eigenvalue weighted by atomic mass is 35.5. The molecule has 1 heterocycles. The van der Waals surface area contributed by atoms with Crippen LogP contribution in [0.4, 0.5) is 0 Å². The van der Waals surface area contributed by atoms with Gasteiger partial charge in [0.05, 0.1) is 12.7 Å². The molecule has 0 aliphatic heterocycles. The minimum Gasteiger partial charge on any atom is -0.461 e. The van der Waals surface area contributed by atoms with Gasteiger partial charge in [-0.2, -0.15) is 0 Å². The fourth-order valence-electron chi connectivity index (χ4n) is 2.72. The van der Waals surface area contributed by atoms with Gasteiger partial charge < -0.3 is 9.73 Å². The molecule has 2 rings (SSSR count). The average Bonchev–Trinajstić information content (AvgIpc) is 3.17. The van der Waals surface area contributed by atoms with Gasteiger partial charge in [0, 0.05) is 11.6 Å². The maximum Gasteiger partial charge on any atom is 0.265 e. The predicted octanol–water partition coefficient (Wildman–Crippen LogP) is 4.83. The lowest BCUT2D eigenvalue weighted by molar-refractivity contribution is -0.114. The molecule has 1 amide bonds. The number of amides is 1. The molecule has 1 aromatic carbocycles. The summed E-state index contributed by atoms with van der Waals surface area (Å²) in [6, 6.07) is 8.85. The molecule has 2 N–H and O–H groups in total. The fraction of sp³-hybridized carbons (Fsp3) is 0.286. The van der Waals surface area contributed by atoms with Gasteiger partial charge in [-0.1, -0.05) is 30.7 Å². The van der Waals surface area contributed by atoms with E-state index in [4.69, 9.17) is 21.4 Å². The summed E-state index contributed by atoms with van der Waals surface area (Å²) in [4.78, 5) is 24.0. The Balaban J connectivity index is 1.91. The minimum atomic E-state index is -0.548. The molecule has 0 bridgehead atoms. The molecule has 0 atom stereocenters. The van der Waals surface area contributed by atoms with E-state index in [9.17, 15) is 9.59 Å². The molecule has 5 nitrogen and oxygen atoms in total. The van der Waals surface area contributed by atoms with E-state index in [1.807, 2.05) is 32.0 Å². The molecular formula is C21H23ClN2O3. The molecular weight excluding hydrogens is 364 g/mol. The van der Waals surface area contributed by atoms with E-state index in [-0.39, 0.29) is 23.7 Å². The Hall–Kier alpha value is -2.66. The second-order valence-corrected chi connectivity index (χ2v) is 6.59. The number of nitrogens with one attached hydrogen (secondary N) is 2. The number of carbonyl (C=O) groups is 2. The van der Waals surface area contributed by atoms with E-state index < -0.39 is 5.91 Å². The molecule has 2 aromatic rings. The molecule has 142 valence electrons. The van der Waals surface area contributed by atoms with Crippen molar-refractivity contribution in [2.45, 2.75) is 33.1 Å². The first kappa shape index (κ1) is 20.6. The smallest absolute Gasteiger partial charge is 0.265 e. The van der Waals surface area contributed by atoms with Crippen LogP contribution in [0.15, 0.2) is 47.1 Å². The van der Waals surface area contributed by atoms with Crippen LogP contribution in [-0.2, 0) is 4.79 Å².